The lowest BCUT2D eigenvalue weighted by Gasteiger charge is -2.36. The van der Waals surface area contributed by atoms with Gasteiger partial charge in [0.15, 0.2) is 0 Å². The van der Waals surface area contributed by atoms with E-state index in [-0.39, 0.29) is 17.2 Å². The minimum atomic E-state index is -0.521. The standard InChI is InChI=1S/C26H31FN4O4S/c1-19(32)28-26(35-20(2)33)31-15-17-36-25(31)23-8-3-4-9-24(23)34-16-14-29-10-12-30(13-11-29)22-7-5-6-21(27)18-22/h3-9,18,25H,10-17H2,1-2H3/b28-26-. The van der Waals surface area contributed by atoms with E-state index in [0.717, 1.165) is 55.5 Å². The van der Waals surface area contributed by atoms with Crippen LogP contribution < -0.4 is 9.64 Å². The Balaban J connectivity index is 1.35. The largest absolute Gasteiger partial charge is 0.492 e. The molecule has 2 heterocycles. The van der Waals surface area contributed by atoms with Gasteiger partial charge in [0.1, 0.15) is 23.5 Å². The van der Waals surface area contributed by atoms with Crippen LogP contribution in [0, 0.1) is 5.82 Å². The Morgan fingerprint density at radius 3 is 2.56 bits per heavy atom. The van der Waals surface area contributed by atoms with Gasteiger partial charge in [0, 0.05) is 70.1 Å². The van der Waals surface area contributed by atoms with E-state index in [1.54, 1.807) is 23.9 Å². The van der Waals surface area contributed by atoms with Crippen molar-refractivity contribution in [2.45, 2.75) is 19.2 Å². The van der Waals surface area contributed by atoms with Gasteiger partial charge in [0.25, 0.3) is 0 Å². The fourth-order valence-electron chi connectivity index (χ4n) is 4.34. The van der Waals surface area contributed by atoms with Crippen LogP contribution in [-0.2, 0) is 14.3 Å². The SMILES string of the molecule is CC(=O)/N=C(\OC(C)=O)N1CCSC1c1ccccc1OCCN1CCN(c2cccc(F)c2)CC1. The predicted octanol–water partition coefficient (Wildman–Crippen LogP) is 3.54. The normalized spacial score (nSPS) is 18.9. The third-order valence-corrected chi connectivity index (χ3v) is 7.26. The Bertz CT molecular complexity index is 1110. The number of para-hydroxylation sites is 1. The molecule has 0 aliphatic carbocycles. The summed E-state index contributed by atoms with van der Waals surface area (Å²) in [5, 5.41) is -0.187. The van der Waals surface area contributed by atoms with Crippen LogP contribution in [0.5, 0.6) is 5.75 Å². The number of ether oxygens (including phenoxy) is 2. The summed E-state index contributed by atoms with van der Waals surface area (Å²) in [7, 11) is 0. The first-order valence-electron chi connectivity index (χ1n) is 12.0. The van der Waals surface area contributed by atoms with Crippen molar-refractivity contribution in [2.75, 3.05) is 56.5 Å². The summed E-state index contributed by atoms with van der Waals surface area (Å²) in [5.74, 6) is 0.391. The van der Waals surface area contributed by atoms with Gasteiger partial charge in [-0.25, -0.2) is 4.39 Å². The summed E-state index contributed by atoms with van der Waals surface area (Å²) < 4.78 is 25.0. The number of amidine groups is 1. The number of nitrogens with zero attached hydrogens (tertiary/aromatic N) is 4. The summed E-state index contributed by atoms with van der Waals surface area (Å²) in [6, 6.07) is 14.5. The van der Waals surface area contributed by atoms with E-state index < -0.39 is 11.9 Å². The minimum Gasteiger partial charge on any atom is -0.492 e. The van der Waals surface area contributed by atoms with E-state index >= 15 is 0 Å². The van der Waals surface area contributed by atoms with E-state index in [1.807, 2.05) is 35.2 Å². The number of rotatable bonds is 6. The van der Waals surface area contributed by atoms with Gasteiger partial charge in [0.2, 0.25) is 5.91 Å². The first-order chi connectivity index (χ1) is 17.4. The summed E-state index contributed by atoms with van der Waals surface area (Å²) in [5.41, 5.74) is 1.86. The minimum absolute atomic E-state index is 0.0240. The summed E-state index contributed by atoms with van der Waals surface area (Å²) >= 11 is 1.68. The van der Waals surface area contributed by atoms with E-state index in [2.05, 4.69) is 14.8 Å². The Morgan fingerprint density at radius 2 is 1.83 bits per heavy atom. The Morgan fingerprint density at radius 1 is 1.06 bits per heavy atom. The lowest BCUT2D eigenvalue weighted by molar-refractivity contribution is -0.133. The highest BCUT2D eigenvalue weighted by molar-refractivity contribution is 7.99. The fraction of sp³-hybridized carbons (Fsp3) is 0.423. The average molecular weight is 515 g/mol. The number of halogens is 1. The molecule has 36 heavy (non-hydrogen) atoms. The molecule has 1 unspecified atom stereocenters. The predicted molar refractivity (Wildman–Crippen MR) is 139 cm³/mol. The zero-order chi connectivity index (χ0) is 25.5. The smallest absolute Gasteiger partial charge is 0.310 e. The Kier molecular flexibility index (Phi) is 8.82. The molecule has 8 nitrogen and oxygen atoms in total. The molecular formula is C26H31FN4O4S. The second-order valence-corrected chi connectivity index (χ2v) is 9.81. The quantitative estimate of drug-likeness (QED) is 0.329. The highest BCUT2D eigenvalue weighted by Crippen LogP contribution is 2.42. The first-order valence-corrected chi connectivity index (χ1v) is 13.1. The number of anilines is 1. The third-order valence-electron chi connectivity index (χ3n) is 6.02. The molecule has 2 aliphatic rings. The van der Waals surface area contributed by atoms with Gasteiger partial charge >= 0.3 is 12.0 Å². The number of esters is 1. The number of benzene rings is 2. The molecule has 2 aliphatic heterocycles. The molecule has 1 atom stereocenters. The van der Waals surface area contributed by atoms with Crippen LogP contribution in [0.2, 0.25) is 0 Å². The molecule has 10 heteroatoms. The average Bonchev–Trinajstić information content (AvgIpc) is 3.34. The maximum atomic E-state index is 13.5. The molecule has 0 saturated carbocycles. The van der Waals surface area contributed by atoms with Gasteiger partial charge in [-0.15, -0.1) is 11.8 Å². The number of carbonyl (C=O) groups excluding carboxylic acids is 2. The van der Waals surface area contributed by atoms with Crippen molar-refractivity contribution in [1.82, 2.24) is 9.80 Å². The zero-order valence-electron chi connectivity index (χ0n) is 20.6. The molecule has 2 saturated heterocycles. The number of carbonyl (C=O) groups is 2. The van der Waals surface area contributed by atoms with Crippen LogP contribution in [0.25, 0.3) is 0 Å². The van der Waals surface area contributed by atoms with E-state index in [1.165, 1.54) is 19.9 Å². The molecule has 0 N–H and O–H groups in total. The molecule has 0 radical (unpaired) electrons. The van der Waals surface area contributed by atoms with E-state index in [9.17, 15) is 14.0 Å². The molecule has 1 amide bonds. The molecule has 0 spiro atoms. The van der Waals surface area contributed by atoms with Crippen molar-refractivity contribution < 1.29 is 23.5 Å². The first kappa shape index (κ1) is 26.0. The van der Waals surface area contributed by atoms with Crippen LogP contribution in [0.3, 0.4) is 0 Å². The van der Waals surface area contributed by atoms with Gasteiger partial charge < -0.3 is 19.3 Å². The number of hydrogen-bond donors (Lipinski definition) is 0. The van der Waals surface area contributed by atoms with Crippen molar-refractivity contribution in [1.29, 1.82) is 0 Å². The maximum Gasteiger partial charge on any atom is 0.310 e. The van der Waals surface area contributed by atoms with Crippen molar-refractivity contribution in [3.8, 4) is 5.75 Å². The lowest BCUT2D eigenvalue weighted by Crippen LogP contribution is -2.47. The number of amides is 1. The van der Waals surface area contributed by atoms with Crippen LogP contribution in [0.1, 0.15) is 24.8 Å². The number of piperazine rings is 1. The number of hydrogen-bond acceptors (Lipinski definition) is 7. The molecule has 2 fully saturated rings. The molecule has 0 aromatic heterocycles. The van der Waals surface area contributed by atoms with E-state index in [4.69, 9.17) is 9.47 Å². The topological polar surface area (TPSA) is 74.7 Å². The van der Waals surface area contributed by atoms with Crippen LogP contribution >= 0.6 is 11.8 Å². The van der Waals surface area contributed by atoms with E-state index in [0.29, 0.717) is 13.2 Å². The Labute approximate surface area is 215 Å². The Hall–Kier alpha value is -3.11. The molecule has 2 aromatic carbocycles. The molecule has 192 valence electrons. The second kappa shape index (κ2) is 12.2. The van der Waals surface area contributed by atoms with Crippen molar-refractivity contribution in [2.24, 2.45) is 4.99 Å². The van der Waals surface area contributed by atoms with Crippen molar-refractivity contribution in [3.05, 3.63) is 59.9 Å². The zero-order valence-corrected chi connectivity index (χ0v) is 21.4. The van der Waals surface area contributed by atoms with Gasteiger partial charge in [-0.2, -0.15) is 4.99 Å². The van der Waals surface area contributed by atoms with Gasteiger partial charge in [0.05, 0.1) is 0 Å². The van der Waals surface area contributed by atoms with Crippen molar-refractivity contribution in [3.63, 3.8) is 0 Å². The maximum absolute atomic E-state index is 13.5. The highest BCUT2D eigenvalue weighted by Gasteiger charge is 2.33. The summed E-state index contributed by atoms with van der Waals surface area (Å²) in [6.45, 7) is 7.94. The molecular weight excluding hydrogens is 483 g/mol. The van der Waals surface area contributed by atoms with Crippen LogP contribution in [0.4, 0.5) is 10.1 Å². The second-order valence-electron chi connectivity index (χ2n) is 8.62. The third kappa shape index (κ3) is 6.76. The van der Waals surface area contributed by atoms with Crippen molar-refractivity contribution >= 4 is 35.3 Å². The van der Waals surface area contributed by atoms with Crippen LogP contribution in [0.15, 0.2) is 53.5 Å². The number of thioether (sulfide) groups is 1. The van der Waals surface area contributed by atoms with Crippen LogP contribution in [-0.4, -0.2) is 79.3 Å². The lowest BCUT2D eigenvalue weighted by atomic mass is 10.2. The number of aliphatic imine (C=N–C) groups is 1. The van der Waals surface area contributed by atoms with Gasteiger partial charge in [-0.05, 0) is 24.3 Å². The monoisotopic (exact) mass is 514 g/mol. The summed E-state index contributed by atoms with van der Waals surface area (Å²) in [6.07, 6.45) is 0. The molecule has 2 aromatic rings. The highest BCUT2D eigenvalue weighted by atomic mass is 32.2. The fourth-order valence-corrected chi connectivity index (χ4v) is 5.61. The molecule has 4 rings (SSSR count). The van der Waals surface area contributed by atoms with Gasteiger partial charge in [-0.3, -0.25) is 14.5 Å². The summed E-state index contributed by atoms with van der Waals surface area (Å²) in [4.78, 5) is 33.6. The van der Waals surface area contributed by atoms with Gasteiger partial charge in [-0.1, -0.05) is 24.3 Å². The molecule has 0 bridgehead atoms.